The van der Waals surface area contributed by atoms with Crippen molar-refractivity contribution in [3.8, 4) is 6.07 Å². The summed E-state index contributed by atoms with van der Waals surface area (Å²) < 4.78 is 1.04. The van der Waals surface area contributed by atoms with E-state index in [0.717, 1.165) is 36.0 Å². The Balaban J connectivity index is 1.79. The third-order valence-electron chi connectivity index (χ3n) is 3.50. The molecular weight excluding hydrogens is 270 g/mol. The average Bonchev–Trinajstić information content (AvgIpc) is 2.91. The van der Waals surface area contributed by atoms with Gasteiger partial charge < -0.3 is 10.6 Å². The fourth-order valence-electron chi connectivity index (χ4n) is 2.46. The Kier molecular flexibility index (Phi) is 3.68. The van der Waals surface area contributed by atoms with E-state index >= 15 is 0 Å². The summed E-state index contributed by atoms with van der Waals surface area (Å²) in [6.45, 7) is 1.88. The molecule has 1 aliphatic rings. The van der Waals surface area contributed by atoms with E-state index < -0.39 is 0 Å². The highest BCUT2D eigenvalue weighted by Gasteiger charge is 2.17. The Morgan fingerprint density at radius 1 is 1.45 bits per heavy atom. The molecule has 3 rings (SSSR count). The second kappa shape index (κ2) is 5.61. The topological polar surface area (TPSA) is 64.9 Å². The van der Waals surface area contributed by atoms with Crippen molar-refractivity contribution in [2.24, 2.45) is 0 Å². The minimum atomic E-state index is -0.0154. The van der Waals surface area contributed by atoms with Gasteiger partial charge in [-0.1, -0.05) is 0 Å². The minimum Gasteiger partial charge on any atom is -0.347 e. The van der Waals surface area contributed by atoms with Gasteiger partial charge in [0, 0.05) is 17.3 Å². The summed E-state index contributed by atoms with van der Waals surface area (Å²) in [5, 5.41) is 16.2. The van der Waals surface area contributed by atoms with E-state index in [1.165, 1.54) is 11.3 Å². The highest BCUT2D eigenvalue weighted by atomic mass is 32.1. The van der Waals surface area contributed by atoms with Gasteiger partial charge in [0.2, 0.25) is 0 Å². The van der Waals surface area contributed by atoms with Gasteiger partial charge in [0.1, 0.15) is 0 Å². The molecule has 5 heteroatoms. The van der Waals surface area contributed by atoms with Crippen LogP contribution in [-0.4, -0.2) is 25.0 Å². The van der Waals surface area contributed by atoms with Crippen LogP contribution >= 0.6 is 11.3 Å². The van der Waals surface area contributed by atoms with Crippen LogP contribution in [0.3, 0.4) is 0 Å². The molecule has 20 heavy (non-hydrogen) atoms. The quantitative estimate of drug-likeness (QED) is 0.889. The zero-order valence-electron chi connectivity index (χ0n) is 11.0. The van der Waals surface area contributed by atoms with Crippen LogP contribution in [0.4, 0.5) is 0 Å². The van der Waals surface area contributed by atoms with Crippen molar-refractivity contribution in [1.29, 1.82) is 5.26 Å². The van der Waals surface area contributed by atoms with Gasteiger partial charge in [0.15, 0.2) is 0 Å². The number of thiophene rings is 1. The third kappa shape index (κ3) is 2.67. The number of nitriles is 1. The van der Waals surface area contributed by atoms with Gasteiger partial charge >= 0.3 is 0 Å². The number of nitrogens with one attached hydrogen (secondary N) is 2. The minimum absolute atomic E-state index is 0.0154. The fraction of sp³-hybridized carbons (Fsp3) is 0.333. The number of carbonyl (C=O) groups excluding carboxylic acids is 1. The standard InChI is InChI=1S/C15H15N3OS/c16-8-10-3-4-13-11(6-10)7-14(20-13)15(19)18-12-2-1-5-17-9-12/h3-4,6-7,12,17H,1-2,5,9H2,(H,18,19)/t12-/m1/s1. The van der Waals surface area contributed by atoms with Gasteiger partial charge in [0.25, 0.3) is 5.91 Å². The molecule has 0 saturated carbocycles. The number of fused-ring (bicyclic) bond motifs is 1. The molecule has 1 aliphatic heterocycles. The van der Waals surface area contributed by atoms with Crippen molar-refractivity contribution in [3.63, 3.8) is 0 Å². The Morgan fingerprint density at radius 3 is 3.10 bits per heavy atom. The van der Waals surface area contributed by atoms with Gasteiger partial charge in [-0.15, -0.1) is 11.3 Å². The lowest BCUT2D eigenvalue weighted by atomic mass is 10.1. The van der Waals surface area contributed by atoms with E-state index in [2.05, 4.69) is 16.7 Å². The Bertz CT molecular complexity index is 680. The molecule has 1 atom stereocenters. The summed E-state index contributed by atoms with van der Waals surface area (Å²) in [5.41, 5.74) is 0.624. The Morgan fingerprint density at radius 2 is 2.35 bits per heavy atom. The van der Waals surface area contributed by atoms with Crippen LogP contribution in [0.2, 0.25) is 0 Å². The third-order valence-corrected chi connectivity index (χ3v) is 4.62. The highest BCUT2D eigenvalue weighted by Crippen LogP contribution is 2.26. The number of rotatable bonds is 2. The molecule has 2 heterocycles. The van der Waals surface area contributed by atoms with Gasteiger partial charge in [-0.2, -0.15) is 5.26 Å². The van der Waals surface area contributed by atoms with Crippen LogP contribution in [0.5, 0.6) is 0 Å². The number of benzene rings is 1. The van der Waals surface area contributed by atoms with Crippen LogP contribution in [0.25, 0.3) is 10.1 Å². The van der Waals surface area contributed by atoms with Gasteiger partial charge in [0.05, 0.1) is 16.5 Å². The molecule has 1 aromatic carbocycles. The molecule has 1 aromatic heterocycles. The molecule has 0 unspecified atom stereocenters. The summed E-state index contributed by atoms with van der Waals surface area (Å²) in [5.74, 6) is -0.0154. The number of nitrogens with zero attached hydrogens (tertiary/aromatic N) is 1. The normalized spacial score (nSPS) is 18.6. The van der Waals surface area contributed by atoms with Crippen molar-refractivity contribution in [2.45, 2.75) is 18.9 Å². The van der Waals surface area contributed by atoms with Crippen molar-refractivity contribution < 1.29 is 4.79 Å². The predicted molar refractivity (Wildman–Crippen MR) is 79.9 cm³/mol. The van der Waals surface area contributed by atoms with Crippen LogP contribution in [0.15, 0.2) is 24.3 Å². The summed E-state index contributed by atoms with van der Waals surface area (Å²) >= 11 is 1.47. The Hall–Kier alpha value is -1.90. The maximum absolute atomic E-state index is 12.2. The van der Waals surface area contributed by atoms with Crippen molar-refractivity contribution in [1.82, 2.24) is 10.6 Å². The lowest BCUT2D eigenvalue weighted by molar-refractivity contribution is 0.0935. The van der Waals surface area contributed by atoms with Gasteiger partial charge in [-0.05, 0) is 49.0 Å². The van der Waals surface area contributed by atoms with Gasteiger partial charge in [-0.3, -0.25) is 4.79 Å². The number of piperidine rings is 1. The second-order valence-electron chi connectivity index (χ2n) is 4.99. The number of hydrogen-bond donors (Lipinski definition) is 2. The first kappa shape index (κ1) is 13.1. The first-order valence-corrected chi connectivity index (χ1v) is 7.53. The van der Waals surface area contributed by atoms with E-state index in [1.807, 2.05) is 18.2 Å². The van der Waals surface area contributed by atoms with Crippen LogP contribution < -0.4 is 10.6 Å². The first-order valence-electron chi connectivity index (χ1n) is 6.71. The van der Waals surface area contributed by atoms with E-state index in [9.17, 15) is 4.79 Å². The average molecular weight is 285 g/mol. The molecule has 1 fully saturated rings. The molecule has 1 saturated heterocycles. The predicted octanol–water partition coefficient (Wildman–Crippen LogP) is 2.25. The van der Waals surface area contributed by atoms with Crippen LogP contribution in [0.1, 0.15) is 28.1 Å². The van der Waals surface area contributed by atoms with E-state index in [-0.39, 0.29) is 11.9 Å². The molecule has 0 spiro atoms. The molecule has 0 radical (unpaired) electrons. The Labute approximate surface area is 121 Å². The van der Waals surface area contributed by atoms with Gasteiger partial charge in [-0.25, -0.2) is 0 Å². The van der Waals surface area contributed by atoms with Crippen LogP contribution in [-0.2, 0) is 0 Å². The molecule has 1 amide bonds. The number of amides is 1. The lowest BCUT2D eigenvalue weighted by Crippen LogP contribution is -2.45. The summed E-state index contributed by atoms with van der Waals surface area (Å²) in [7, 11) is 0. The maximum atomic E-state index is 12.2. The monoisotopic (exact) mass is 285 g/mol. The molecule has 0 aliphatic carbocycles. The molecular formula is C15H15N3OS. The highest BCUT2D eigenvalue weighted by molar-refractivity contribution is 7.20. The smallest absolute Gasteiger partial charge is 0.261 e. The summed E-state index contributed by atoms with van der Waals surface area (Å²) in [4.78, 5) is 13.0. The summed E-state index contributed by atoms with van der Waals surface area (Å²) in [6.07, 6.45) is 2.13. The fourth-order valence-corrected chi connectivity index (χ4v) is 3.40. The van der Waals surface area contributed by atoms with Crippen molar-refractivity contribution >= 4 is 27.3 Å². The molecule has 2 N–H and O–H groups in total. The lowest BCUT2D eigenvalue weighted by Gasteiger charge is -2.23. The van der Waals surface area contributed by atoms with E-state index in [1.54, 1.807) is 6.07 Å². The summed E-state index contributed by atoms with van der Waals surface area (Å²) in [6, 6.07) is 9.71. The van der Waals surface area contributed by atoms with E-state index in [0.29, 0.717) is 10.4 Å². The largest absolute Gasteiger partial charge is 0.347 e. The zero-order chi connectivity index (χ0) is 13.9. The zero-order valence-corrected chi connectivity index (χ0v) is 11.8. The molecule has 102 valence electrons. The molecule has 4 nitrogen and oxygen atoms in total. The number of hydrogen-bond acceptors (Lipinski definition) is 4. The number of carbonyl (C=O) groups is 1. The first-order chi connectivity index (χ1) is 9.76. The van der Waals surface area contributed by atoms with Crippen molar-refractivity contribution in [2.75, 3.05) is 13.1 Å². The van der Waals surface area contributed by atoms with E-state index in [4.69, 9.17) is 5.26 Å². The SMILES string of the molecule is N#Cc1ccc2sc(C(=O)N[C@@H]3CCCNC3)cc2c1. The maximum Gasteiger partial charge on any atom is 0.261 e. The van der Waals surface area contributed by atoms with Crippen molar-refractivity contribution in [3.05, 3.63) is 34.7 Å². The molecule has 2 aromatic rings. The molecule has 0 bridgehead atoms. The second-order valence-corrected chi connectivity index (χ2v) is 6.08. The van der Waals surface area contributed by atoms with Crippen LogP contribution in [0, 0.1) is 11.3 Å².